The highest BCUT2D eigenvalue weighted by Crippen LogP contribution is 2.33. The molecule has 0 aliphatic rings. The van der Waals surface area contributed by atoms with Gasteiger partial charge in [0, 0.05) is 6.07 Å². The summed E-state index contributed by atoms with van der Waals surface area (Å²) in [6.45, 7) is 3.95. The molecule has 0 aliphatic heterocycles. The third-order valence-corrected chi connectivity index (χ3v) is 3.26. The zero-order chi connectivity index (χ0) is 16.3. The van der Waals surface area contributed by atoms with Crippen LogP contribution in [-0.2, 0) is 6.18 Å². The van der Waals surface area contributed by atoms with Gasteiger partial charge in [0.1, 0.15) is 11.5 Å². The Balaban J connectivity index is 2.35. The van der Waals surface area contributed by atoms with Gasteiger partial charge in [-0.2, -0.15) is 13.2 Å². The van der Waals surface area contributed by atoms with Crippen molar-refractivity contribution < 1.29 is 22.6 Å². The number of hydrogen-bond acceptors (Lipinski definition) is 2. The van der Waals surface area contributed by atoms with Crippen LogP contribution < -0.4 is 9.47 Å². The summed E-state index contributed by atoms with van der Waals surface area (Å²) in [6.07, 6.45) is -4.35. The number of hydrogen-bond donors (Lipinski definition) is 0. The van der Waals surface area contributed by atoms with E-state index in [1.54, 1.807) is 18.2 Å². The first-order chi connectivity index (χ1) is 10.3. The van der Waals surface area contributed by atoms with E-state index in [-0.39, 0.29) is 0 Å². The van der Waals surface area contributed by atoms with Gasteiger partial charge < -0.3 is 9.47 Å². The van der Waals surface area contributed by atoms with Crippen LogP contribution in [0.3, 0.4) is 0 Å². The summed E-state index contributed by atoms with van der Waals surface area (Å²) >= 11 is 0. The molecule has 2 aromatic carbocycles. The van der Waals surface area contributed by atoms with Crippen LogP contribution in [-0.4, -0.2) is 14.2 Å². The second kappa shape index (κ2) is 6.13. The molecule has 0 bridgehead atoms. The first-order valence-corrected chi connectivity index (χ1v) is 6.45. The molecule has 0 aromatic heterocycles. The molecule has 0 aliphatic carbocycles. The highest BCUT2D eigenvalue weighted by atomic mass is 19.4. The molecule has 2 rings (SSSR count). The first kappa shape index (κ1) is 15.9. The molecule has 0 N–H and O–H groups in total. The van der Waals surface area contributed by atoms with E-state index in [2.05, 4.69) is 6.58 Å². The maximum Gasteiger partial charge on any atom is 0.416 e. The lowest BCUT2D eigenvalue weighted by Crippen LogP contribution is -2.04. The topological polar surface area (TPSA) is 18.5 Å². The van der Waals surface area contributed by atoms with E-state index in [0.29, 0.717) is 22.6 Å². The zero-order valence-corrected chi connectivity index (χ0v) is 12.2. The van der Waals surface area contributed by atoms with Gasteiger partial charge in [0.2, 0.25) is 0 Å². The van der Waals surface area contributed by atoms with Crippen molar-refractivity contribution in [2.45, 2.75) is 6.18 Å². The quantitative estimate of drug-likeness (QED) is 0.809. The summed E-state index contributed by atoms with van der Waals surface area (Å²) in [6, 6.07) is 10.1. The van der Waals surface area contributed by atoms with Crippen LogP contribution in [0, 0.1) is 0 Å². The van der Waals surface area contributed by atoms with E-state index >= 15 is 0 Å². The molecule has 2 aromatic rings. The minimum absolute atomic E-state index is 0.586. The normalized spacial score (nSPS) is 11.1. The Morgan fingerprint density at radius 2 is 1.36 bits per heavy atom. The fourth-order valence-corrected chi connectivity index (χ4v) is 2.01. The Kier molecular flexibility index (Phi) is 4.45. The third kappa shape index (κ3) is 3.42. The molecule has 0 unspecified atom stereocenters. The molecular weight excluding hydrogens is 293 g/mol. The number of ether oxygens (including phenoxy) is 2. The average molecular weight is 308 g/mol. The van der Waals surface area contributed by atoms with Crippen molar-refractivity contribution in [1.29, 1.82) is 0 Å². The molecule has 0 amide bonds. The van der Waals surface area contributed by atoms with Crippen molar-refractivity contribution in [3.8, 4) is 11.5 Å². The van der Waals surface area contributed by atoms with Gasteiger partial charge >= 0.3 is 6.18 Å². The number of alkyl halides is 3. The van der Waals surface area contributed by atoms with Crippen LogP contribution >= 0.6 is 0 Å². The summed E-state index contributed by atoms with van der Waals surface area (Å²) in [5, 5.41) is 0. The number of rotatable bonds is 4. The second-order valence-electron chi connectivity index (χ2n) is 4.66. The Hall–Kier alpha value is -2.43. The Morgan fingerprint density at radius 3 is 1.77 bits per heavy atom. The van der Waals surface area contributed by atoms with Crippen LogP contribution in [0.25, 0.3) is 5.57 Å². The lowest BCUT2D eigenvalue weighted by molar-refractivity contribution is -0.137. The van der Waals surface area contributed by atoms with Crippen molar-refractivity contribution in [2.24, 2.45) is 0 Å². The summed E-state index contributed by atoms with van der Waals surface area (Å²) in [4.78, 5) is 0. The first-order valence-electron chi connectivity index (χ1n) is 6.45. The summed E-state index contributed by atoms with van der Waals surface area (Å²) in [5.74, 6) is 1.17. The van der Waals surface area contributed by atoms with Crippen LogP contribution in [0.15, 0.2) is 49.0 Å². The molecule has 116 valence electrons. The fourth-order valence-electron chi connectivity index (χ4n) is 2.01. The molecular formula is C17H15F3O2. The minimum Gasteiger partial charge on any atom is -0.497 e. The van der Waals surface area contributed by atoms with E-state index in [9.17, 15) is 13.2 Å². The fraction of sp³-hybridized carbons (Fsp3) is 0.176. The molecule has 0 atom stereocenters. The van der Waals surface area contributed by atoms with Crippen molar-refractivity contribution in [3.63, 3.8) is 0 Å². The van der Waals surface area contributed by atoms with Crippen molar-refractivity contribution in [1.82, 2.24) is 0 Å². The molecule has 0 heterocycles. The molecule has 0 saturated carbocycles. The summed E-state index contributed by atoms with van der Waals surface area (Å²) in [5.41, 5.74) is 1.22. The molecule has 0 spiro atoms. The minimum atomic E-state index is -4.35. The van der Waals surface area contributed by atoms with E-state index < -0.39 is 11.7 Å². The van der Waals surface area contributed by atoms with Gasteiger partial charge in [0.25, 0.3) is 0 Å². The number of methoxy groups -OCH3 is 2. The maximum atomic E-state index is 12.6. The molecule has 0 fully saturated rings. The van der Waals surface area contributed by atoms with Gasteiger partial charge in [0.15, 0.2) is 0 Å². The van der Waals surface area contributed by atoms with E-state index in [4.69, 9.17) is 9.47 Å². The smallest absolute Gasteiger partial charge is 0.416 e. The third-order valence-electron chi connectivity index (χ3n) is 3.26. The summed E-state index contributed by atoms with van der Waals surface area (Å²) < 4.78 is 48.1. The van der Waals surface area contributed by atoms with Gasteiger partial charge in [-0.15, -0.1) is 0 Å². The Morgan fingerprint density at radius 1 is 0.864 bits per heavy atom. The monoisotopic (exact) mass is 308 g/mol. The van der Waals surface area contributed by atoms with E-state index in [1.807, 2.05) is 0 Å². The number of halogens is 3. The molecule has 2 nitrogen and oxygen atoms in total. The average Bonchev–Trinajstić information content (AvgIpc) is 2.52. The van der Waals surface area contributed by atoms with Crippen LogP contribution in [0.2, 0.25) is 0 Å². The van der Waals surface area contributed by atoms with Crippen molar-refractivity contribution in [3.05, 3.63) is 65.7 Å². The van der Waals surface area contributed by atoms with Gasteiger partial charge in [-0.05, 0) is 41.0 Å². The lowest BCUT2D eigenvalue weighted by atomic mass is 9.98. The van der Waals surface area contributed by atoms with Crippen LogP contribution in [0.1, 0.15) is 16.7 Å². The zero-order valence-electron chi connectivity index (χ0n) is 12.2. The maximum absolute atomic E-state index is 12.6. The highest BCUT2D eigenvalue weighted by molar-refractivity contribution is 5.79. The van der Waals surface area contributed by atoms with Gasteiger partial charge in [0.05, 0.1) is 19.8 Å². The lowest BCUT2D eigenvalue weighted by Gasteiger charge is -2.12. The van der Waals surface area contributed by atoms with Crippen LogP contribution in [0.4, 0.5) is 13.2 Å². The van der Waals surface area contributed by atoms with E-state index in [0.717, 1.165) is 17.7 Å². The Labute approximate surface area is 126 Å². The van der Waals surface area contributed by atoms with Crippen molar-refractivity contribution in [2.75, 3.05) is 14.2 Å². The van der Waals surface area contributed by atoms with Gasteiger partial charge in [-0.3, -0.25) is 0 Å². The summed E-state index contributed by atoms with van der Waals surface area (Å²) in [7, 11) is 3.05. The predicted octanol–water partition coefficient (Wildman–Crippen LogP) is 4.78. The van der Waals surface area contributed by atoms with Gasteiger partial charge in [-0.25, -0.2) is 0 Å². The highest BCUT2D eigenvalue weighted by Gasteiger charge is 2.30. The van der Waals surface area contributed by atoms with Crippen LogP contribution in [0.5, 0.6) is 11.5 Å². The van der Waals surface area contributed by atoms with E-state index in [1.165, 1.54) is 26.4 Å². The van der Waals surface area contributed by atoms with Gasteiger partial charge in [-0.1, -0.05) is 18.7 Å². The largest absolute Gasteiger partial charge is 0.497 e. The standard InChI is InChI=1S/C17H15F3O2/c1-11(12-4-6-14(7-5-12)17(18,19)20)13-8-15(21-2)10-16(9-13)22-3/h4-10H,1H2,2-3H3. The molecule has 5 heteroatoms. The predicted molar refractivity (Wildman–Crippen MR) is 79.1 cm³/mol. The second-order valence-corrected chi connectivity index (χ2v) is 4.66. The van der Waals surface area contributed by atoms with Crippen molar-refractivity contribution >= 4 is 5.57 Å². The number of benzene rings is 2. The molecule has 22 heavy (non-hydrogen) atoms. The SMILES string of the molecule is C=C(c1ccc(C(F)(F)F)cc1)c1cc(OC)cc(OC)c1. The molecule has 0 saturated heterocycles. The molecule has 0 radical (unpaired) electrons. The Bertz CT molecular complexity index is 651.